The van der Waals surface area contributed by atoms with Gasteiger partial charge in [0.15, 0.2) is 11.0 Å². The van der Waals surface area contributed by atoms with Crippen molar-refractivity contribution in [3.8, 4) is 28.5 Å². The quantitative estimate of drug-likeness (QED) is 0.270. The highest BCUT2D eigenvalue weighted by atomic mass is 32.2. The zero-order valence-corrected chi connectivity index (χ0v) is 18.3. The van der Waals surface area contributed by atoms with Crippen molar-refractivity contribution < 1.29 is 9.26 Å². The first kappa shape index (κ1) is 20.9. The highest BCUT2D eigenvalue weighted by Gasteiger charge is 2.18. The predicted molar refractivity (Wildman–Crippen MR) is 121 cm³/mol. The Labute approximate surface area is 185 Å². The molecule has 4 rings (SSSR count). The van der Waals surface area contributed by atoms with Crippen molar-refractivity contribution in [2.24, 2.45) is 0 Å². The zero-order chi connectivity index (χ0) is 21.6. The van der Waals surface area contributed by atoms with Gasteiger partial charge in [0.25, 0.3) is 0 Å². The van der Waals surface area contributed by atoms with E-state index in [-0.39, 0.29) is 0 Å². The number of ether oxygens (including phenoxy) is 1. The van der Waals surface area contributed by atoms with Gasteiger partial charge < -0.3 is 9.26 Å². The lowest BCUT2D eigenvalue weighted by atomic mass is 10.1. The molecule has 0 aliphatic rings. The molecule has 0 radical (unpaired) electrons. The van der Waals surface area contributed by atoms with Gasteiger partial charge in [0.2, 0.25) is 11.7 Å². The van der Waals surface area contributed by atoms with Crippen molar-refractivity contribution in [2.75, 3.05) is 7.11 Å². The van der Waals surface area contributed by atoms with Crippen LogP contribution in [0.2, 0.25) is 0 Å². The van der Waals surface area contributed by atoms with Crippen LogP contribution in [0.3, 0.4) is 0 Å². The summed E-state index contributed by atoms with van der Waals surface area (Å²) < 4.78 is 12.9. The summed E-state index contributed by atoms with van der Waals surface area (Å²) in [6.07, 6.45) is 2.81. The highest BCUT2D eigenvalue weighted by Crippen LogP contribution is 2.31. The molecule has 0 bridgehead atoms. The van der Waals surface area contributed by atoms with Crippen LogP contribution in [-0.2, 0) is 18.7 Å². The lowest BCUT2D eigenvalue weighted by Gasteiger charge is -2.10. The van der Waals surface area contributed by atoms with Crippen LogP contribution in [0.15, 0.2) is 70.9 Å². The molecule has 0 aliphatic heterocycles. The number of hydrogen-bond acceptors (Lipinski definition) is 7. The number of hydrogen-bond donors (Lipinski definition) is 0. The summed E-state index contributed by atoms with van der Waals surface area (Å²) in [4.78, 5) is 4.52. The monoisotopic (exact) mass is 433 g/mol. The van der Waals surface area contributed by atoms with Crippen LogP contribution >= 0.6 is 11.8 Å². The third-order valence-electron chi connectivity index (χ3n) is 4.79. The Bertz CT molecular complexity index is 1170. The standard InChI is InChI=1S/C23H23N5O2S/c1-4-14-28-22(18-8-6-7-9-19(18)29-3)25-26-23(28)31-15-20-24-21(27-30-20)17-12-10-16(5-2)11-13-17/h4,6-13H,1,5,14-15H2,2-3H3. The third-order valence-corrected chi connectivity index (χ3v) is 5.74. The number of nitrogens with zero attached hydrogens (tertiary/aromatic N) is 5. The average molecular weight is 434 g/mol. The molecule has 0 saturated heterocycles. The van der Waals surface area contributed by atoms with Crippen molar-refractivity contribution >= 4 is 11.8 Å². The molecule has 8 heteroatoms. The van der Waals surface area contributed by atoms with Gasteiger partial charge in [0, 0.05) is 12.1 Å². The molecule has 2 aromatic heterocycles. The lowest BCUT2D eigenvalue weighted by molar-refractivity contribution is 0.391. The fourth-order valence-corrected chi connectivity index (χ4v) is 3.95. The van der Waals surface area contributed by atoms with Gasteiger partial charge >= 0.3 is 0 Å². The highest BCUT2D eigenvalue weighted by molar-refractivity contribution is 7.98. The smallest absolute Gasteiger partial charge is 0.237 e. The summed E-state index contributed by atoms with van der Waals surface area (Å²) in [5.41, 5.74) is 3.09. The maximum atomic E-state index is 5.48. The van der Waals surface area contributed by atoms with Gasteiger partial charge in [-0.15, -0.1) is 16.8 Å². The molecule has 0 unspecified atom stereocenters. The van der Waals surface area contributed by atoms with E-state index in [4.69, 9.17) is 9.26 Å². The number of allylic oxidation sites excluding steroid dienone is 1. The van der Waals surface area contributed by atoms with Gasteiger partial charge in [-0.2, -0.15) is 4.98 Å². The van der Waals surface area contributed by atoms with Crippen LogP contribution in [0.4, 0.5) is 0 Å². The Morgan fingerprint density at radius 2 is 1.94 bits per heavy atom. The maximum absolute atomic E-state index is 5.48. The molecule has 0 aliphatic carbocycles. The van der Waals surface area contributed by atoms with Crippen LogP contribution in [0.1, 0.15) is 18.4 Å². The first-order chi connectivity index (χ1) is 15.2. The van der Waals surface area contributed by atoms with Crippen LogP contribution in [-0.4, -0.2) is 32.0 Å². The number of aromatic nitrogens is 5. The van der Waals surface area contributed by atoms with Crippen LogP contribution in [0, 0.1) is 0 Å². The van der Waals surface area contributed by atoms with Crippen molar-refractivity contribution in [1.82, 2.24) is 24.9 Å². The van der Waals surface area contributed by atoms with E-state index in [1.54, 1.807) is 7.11 Å². The second-order valence-electron chi connectivity index (χ2n) is 6.76. The van der Waals surface area contributed by atoms with Crippen LogP contribution in [0.25, 0.3) is 22.8 Å². The number of rotatable bonds is 9. The molecular weight excluding hydrogens is 410 g/mol. The van der Waals surface area contributed by atoms with Gasteiger partial charge in [-0.3, -0.25) is 4.57 Å². The number of para-hydroxylation sites is 1. The number of aryl methyl sites for hydroxylation is 1. The number of methoxy groups -OCH3 is 1. The molecule has 4 aromatic rings. The average Bonchev–Trinajstić information content (AvgIpc) is 3.45. The molecule has 31 heavy (non-hydrogen) atoms. The minimum Gasteiger partial charge on any atom is -0.496 e. The van der Waals surface area contributed by atoms with Crippen LogP contribution in [0.5, 0.6) is 5.75 Å². The van der Waals surface area contributed by atoms with Crippen molar-refractivity contribution in [3.63, 3.8) is 0 Å². The van der Waals surface area contributed by atoms with E-state index in [2.05, 4.69) is 46.0 Å². The second-order valence-corrected chi connectivity index (χ2v) is 7.70. The lowest BCUT2D eigenvalue weighted by Crippen LogP contribution is -2.01. The topological polar surface area (TPSA) is 78.9 Å². The number of benzene rings is 2. The minimum atomic E-state index is 0.487. The van der Waals surface area contributed by atoms with Gasteiger partial charge in [-0.05, 0) is 24.1 Å². The van der Waals surface area contributed by atoms with Crippen LogP contribution < -0.4 is 4.74 Å². The molecule has 0 amide bonds. The van der Waals surface area contributed by atoms with Gasteiger partial charge in [0.05, 0.1) is 18.4 Å². The summed E-state index contributed by atoms with van der Waals surface area (Å²) in [6.45, 7) is 6.56. The second kappa shape index (κ2) is 9.61. The van der Waals surface area contributed by atoms with E-state index >= 15 is 0 Å². The molecule has 0 saturated carbocycles. The predicted octanol–water partition coefficient (Wildman–Crippen LogP) is 5.04. The van der Waals surface area contributed by atoms with E-state index in [1.807, 2.05) is 47.0 Å². The van der Waals surface area contributed by atoms with E-state index in [9.17, 15) is 0 Å². The molecular formula is C23H23N5O2S. The summed E-state index contributed by atoms with van der Waals surface area (Å²) >= 11 is 1.49. The summed E-state index contributed by atoms with van der Waals surface area (Å²) in [7, 11) is 1.64. The van der Waals surface area contributed by atoms with Gasteiger partial charge in [-0.25, -0.2) is 0 Å². The van der Waals surface area contributed by atoms with E-state index in [0.29, 0.717) is 24.0 Å². The fraction of sp³-hybridized carbons (Fsp3) is 0.217. The minimum absolute atomic E-state index is 0.487. The SMILES string of the molecule is C=CCn1c(SCc2nc(-c3ccc(CC)cc3)no2)nnc1-c1ccccc1OC. The summed E-state index contributed by atoms with van der Waals surface area (Å²) in [5, 5.41) is 13.6. The Balaban J connectivity index is 1.53. The first-order valence-electron chi connectivity index (χ1n) is 9.95. The molecule has 2 aromatic carbocycles. The Morgan fingerprint density at radius 1 is 1.13 bits per heavy atom. The van der Waals surface area contributed by atoms with Crippen molar-refractivity contribution in [1.29, 1.82) is 0 Å². The maximum Gasteiger partial charge on any atom is 0.237 e. The molecule has 158 valence electrons. The largest absolute Gasteiger partial charge is 0.496 e. The fourth-order valence-electron chi connectivity index (χ4n) is 3.16. The van der Waals surface area contributed by atoms with Crippen molar-refractivity contribution in [2.45, 2.75) is 30.8 Å². The van der Waals surface area contributed by atoms with E-state index in [0.717, 1.165) is 34.3 Å². The summed E-state index contributed by atoms with van der Waals surface area (Å²) in [6, 6.07) is 15.9. The Morgan fingerprint density at radius 3 is 2.68 bits per heavy atom. The molecule has 0 fully saturated rings. The Hall–Kier alpha value is -3.39. The molecule has 2 heterocycles. The van der Waals surface area contributed by atoms with Gasteiger partial charge in [0.1, 0.15) is 5.75 Å². The summed E-state index contributed by atoms with van der Waals surface area (Å²) in [5.74, 6) is 3.07. The normalized spacial score (nSPS) is 10.9. The molecule has 0 atom stereocenters. The molecule has 0 spiro atoms. The van der Waals surface area contributed by atoms with E-state index in [1.165, 1.54) is 17.3 Å². The third kappa shape index (κ3) is 4.54. The van der Waals surface area contributed by atoms with Crippen molar-refractivity contribution in [3.05, 3.63) is 72.6 Å². The Kier molecular flexibility index (Phi) is 6.47. The van der Waals surface area contributed by atoms with E-state index < -0.39 is 0 Å². The first-order valence-corrected chi connectivity index (χ1v) is 10.9. The molecule has 0 N–H and O–H groups in total. The van der Waals surface area contributed by atoms with Gasteiger partial charge in [-0.1, -0.05) is 66.3 Å². The number of thioether (sulfide) groups is 1. The zero-order valence-electron chi connectivity index (χ0n) is 17.5. The molecule has 7 nitrogen and oxygen atoms in total.